The summed E-state index contributed by atoms with van der Waals surface area (Å²) in [6.45, 7) is 7.18. The highest BCUT2D eigenvalue weighted by atomic mass is 16.5. The Balaban J connectivity index is 1.40. The summed E-state index contributed by atoms with van der Waals surface area (Å²) in [4.78, 5) is 41.4. The van der Waals surface area contributed by atoms with Gasteiger partial charge < -0.3 is 20.3 Å². The Hall–Kier alpha value is -3.81. The maximum atomic E-state index is 13.3. The number of nitrogens with one attached hydrogen (secondary N) is 2. The minimum Gasteiger partial charge on any atom is -0.492 e. The average Bonchev–Trinajstić information content (AvgIpc) is 3.15. The molecule has 2 aromatic rings. The van der Waals surface area contributed by atoms with Crippen LogP contribution in [0.3, 0.4) is 0 Å². The molecule has 2 heterocycles. The van der Waals surface area contributed by atoms with Crippen molar-refractivity contribution >= 4 is 17.8 Å². The van der Waals surface area contributed by atoms with Crippen LogP contribution in [-0.4, -0.2) is 60.9 Å². The van der Waals surface area contributed by atoms with E-state index in [0.717, 1.165) is 11.3 Å². The minimum atomic E-state index is -0.553. The Labute approximate surface area is 205 Å². The van der Waals surface area contributed by atoms with E-state index >= 15 is 0 Å². The Morgan fingerprint density at radius 2 is 1.77 bits per heavy atom. The van der Waals surface area contributed by atoms with Crippen molar-refractivity contribution in [2.45, 2.75) is 32.2 Å². The Morgan fingerprint density at radius 1 is 1.09 bits per heavy atom. The van der Waals surface area contributed by atoms with Gasteiger partial charge in [0.15, 0.2) is 0 Å². The van der Waals surface area contributed by atoms with Crippen molar-refractivity contribution in [3.63, 3.8) is 0 Å². The van der Waals surface area contributed by atoms with Gasteiger partial charge in [-0.1, -0.05) is 63.2 Å². The molecule has 184 valence electrons. The molecule has 0 bridgehead atoms. The molecule has 2 aliphatic heterocycles. The number of hydrogen-bond donors (Lipinski definition) is 2. The first-order chi connectivity index (χ1) is 16.6. The summed E-state index contributed by atoms with van der Waals surface area (Å²) in [6, 6.07) is 16.5. The standard InChI is InChI=1S/C27H32N4O4/c1-27(2,3)19-12-10-18(11-13-19)24-23-21(30(4)26(34)29-24)16-31(25(23)33)17-22(32)28-14-15-35-20-8-6-5-7-9-20/h5-13,24H,14-17H2,1-4H3,(H,28,32)(H,29,34). The van der Waals surface area contributed by atoms with E-state index in [2.05, 4.69) is 31.4 Å². The zero-order chi connectivity index (χ0) is 25.2. The van der Waals surface area contributed by atoms with E-state index in [1.165, 1.54) is 15.4 Å². The summed E-state index contributed by atoms with van der Waals surface area (Å²) in [5, 5.41) is 5.73. The maximum absolute atomic E-state index is 13.3. The molecule has 8 heteroatoms. The third-order valence-electron chi connectivity index (χ3n) is 6.32. The molecule has 0 aliphatic carbocycles. The topological polar surface area (TPSA) is 91.0 Å². The number of hydrogen-bond acceptors (Lipinski definition) is 4. The lowest BCUT2D eigenvalue weighted by molar-refractivity contribution is -0.131. The fourth-order valence-electron chi connectivity index (χ4n) is 4.28. The predicted molar refractivity (Wildman–Crippen MR) is 133 cm³/mol. The molecule has 4 amide bonds. The highest BCUT2D eigenvalue weighted by Crippen LogP contribution is 2.36. The maximum Gasteiger partial charge on any atom is 0.322 e. The number of carbonyl (C=O) groups excluding carboxylic acids is 3. The first-order valence-corrected chi connectivity index (χ1v) is 11.8. The average molecular weight is 477 g/mol. The highest BCUT2D eigenvalue weighted by molar-refractivity contribution is 6.02. The van der Waals surface area contributed by atoms with Crippen molar-refractivity contribution in [3.8, 4) is 5.75 Å². The predicted octanol–water partition coefficient (Wildman–Crippen LogP) is 2.97. The summed E-state index contributed by atoms with van der Waals surface area (Å²) >= 11 is 0. The Morgan fingerprint density at radius 3 is 2.43 bits per heavy atom. The van der Waals surface area contributed by atoms with E-state index in [9.17, 15) is 14.4 Å². The van der Waals surface area contributed by atoms with Gasteiger partial charge in [-0.2, -0.15) is 0 Å². The molecule has 2 aliphatic rings. The van der Waals surface area contributed by atoms with Gasteiger partial charge in [0.2, 0.25) is 5.91 Å². The van der Waals surface area contributed by atoms with E-state index in [1.54, 1.807) is 7.05 Å². The SMILES string of the molecule is CN1C(=O)NC(c2ccc(C(C)(C)C)cc2)C2=C1CN(CC(=O)NCCOc1ccccc1)C2=O. The molecule has 0 saturated carbocycles. The lowest BCUT2D eigenvalue weighted by Gasteiger charge is -2.31. The van der Waals surface area contributed by atoms with Crippen LogP contribution in [0, 0.1) is 0 Å². The van der Waals surface area contributed by atoms with Crippen LogP contribution in [0.1, 0.15) is 37.9 Å². The van der Waals surface area contributed by atoms with Gasteiger partial charge >= 0.3 is 6.03 Å². The van der Waals surface area contributed by atoms with Crippen LogP contribution >= 0.6 is 0 Å². The normalized spacial score (nSPS) is 17.9. The Bertz CT molecular complexity index is 1140. The quantitative estimate of drug-likeness (QED) is 0.601. The molecule has 1 unspecified atom stereocenters. The minimum absolute atomic E-state index is 0.00152. The molecule has 2 N–H and O–H groups in total. The molecule has 8 nitrogen and oxygen atoms in total. The second kappa shape index (κ2) is 9.82. The second-order valence-electron chi connectivity index (χ2n) is 9.85. The summed E-state index contributed by atoms with van der Waals surface area (Å²) in [5.74, 6) is 0.213. The summed E-state index contributed by atoms with van der Waals surface area (Å²) in [5.41, 5.74) is 3.14. The van der Waals surface area contributed by atoms with Crippen molar-refractivity contribution in [1.82, 2.24) is 20.4 Å². The third kappa shape index (κ3) is 5.31. The number of ether oxygens (including phenoxy) is 1. The summed E-state index contributed by atoms with van der Waals surface area (Å²) in [6.07, 6.45) is 0. The third-order valence-corrected chi connectivity index (χ3v) is 6.32. The number of amides is 4. The number of urea groups is 1. The van der Waals surface area contributed by atoms with Crippen molar-refractivity contribution in [1.29, 1.82) is 0 Å². The van der Waals surface area contributed by atoms with Gasteiger partial charge in [-0.25, -0.2) is 4.79 Å². The van der Waals surface area contributed by atoms with Gasteiger partial charge in [0.1, 0.15) is 18.9 Å². The van der Waals surface area contributed by atoms with E-state index in [-0.39, 0.29) is 36.3 Å². The van der Waals surface area contributed by atoms with Gasteiger partial charge in [-0.05, 0) is 28.7 Å². The van der Waals surface area contributed by atoms with E-state index < -0.39 is 6.04 Å². The lowest BCUT2D eigenvalue weighted by atomic mass is 9.85. The first kappa shape index (κ1) is 24.3. The van der Waals surface area contributed by atoms with Crippen LogP contribution < -0.4 is 15.4 Å². The van der Waals surface area contributed by atoms with Crippen LogP contribution in [0.25, 0.3) is 0 Å². The van der Waals surface area contributed by atoms with Gasteiger partial charge in [-0.15, -0.1) is 0 Å². The van der Waals surface area contributed by atoms with Crippen LogP contribution in [0.15, 0.2) is 65.9 Å². The second-order valence-corrected chi connectivity index (χ2v) is 9.85. The number of nitrogens with zero attached hydrogens (tertiary/aromatic N) is 2. The number of likely N-dealkylation sites (N-methyl/N-ethyl adjacent to an activating group) is 1. The van der Waals surface area contributed by atoms with Gasteiger partial charge in [0.05, 0.1) is 30.4 Å². The largest absolute Gasteiger partial charge is 0.492 e. The molecule has 0 aromatic heterocycles. The summed E-state index contributed by atoms with van der Waals surface area (Å²) in [7, 11) is 1.64. The van der Waals surface area contributed by atoms with Crippen molar-refractivity contribution in [2.75, 3.05) is 33.3 Å². The van der Waals surface area contributed by atoms with Gasteiger partial charge in [0, 0.05) is 7.05 Å². The first-order valence-electron chi connectivity index (χ1n) is 11.8. The van der Waals surface area contributed by atoms with E-state index in [0.29, 0.717) is 24.4 Å². The monoisotopic (exact) mass is 476 g/mol. The molecular weight excluding hydrogens is 444 g/mol. The molecule has 4 rings (SSSR count). The van der Waals surface area contributed by atoms with E-state index in [1.807, 2.05) is 54.6 Å². The van der Waals surface area contributed by atoms with Crippen LogP contribution in [0.2, 0.25) is 0 Å². The van der Waals surface area contributed by atoms with Crippen molar-refractivity contribution in [3.05, 3.63) is 77.0 Å². The van der Waals surface area contributed by atoms with Gasteiger partial charge in [-0.3, -0.25) is 14.5 Å². The molecule has 0 fully saturated rings. The van der Waals surface area contributed by atoms with Crippen LogP contribution in [-0.2, 0) is 15.0 Å². The fraction of sp³-hybridized carbons (Fsp3) is 0.370. The van der Waals surface area contributed by atoms with Crippen molar-refractivity contribution in [2.24, 2.45) is 0 Å². The van der Waals surface area contributed by atoms with Gasteiger partial charge in [0.25, 0.3) is 5.91 Å². The molecule has 35 heavy (non-hydrogen) atoms. The Kier molecular flexibility index (Phi) is 6.82. The number of rotatable bonds is 7. The summed E-state index contributed by atoms with van der Waals surface area (Å²) < 4.78 is 5.59. The highest BCUT2D eigenvalue weighted by Gasteiger charge is 2.43. The zero-order valence-corrected chi connectivity index (χ0v) is 20.6. The number of carbonyl (C=O) groups is 3. The fourth-order valence-corrected chi connectivity index (χ4v) is 4.28. The molecule has 0 radical (unpaired) electrons. The molecule has 1 atom stereocenters. The molecule has 2 aromatic carbocycles. The number of para-hydroxylation sites is 1. The molecule has 0 saturated heterocycles. The zero-order valence-electron chi connectivity index (χ0n) is 20.6. The molecule has 0 spiro atoms. The van der Waals surface area contributed by atoms with E-state index in [4.69, 9.17) is 4.74 Å². The van der Waals surface area contributed by atoms with Crippen LogP contribution in [0.4, 0.5) is 4.79 Å². The van der Waals surface area contributed by atoms with Crippen LogP contribution in [0.5, 0.6) is 5.75 Å². The lowest BCUT2D eigenvalue weighted by Crippen LogP contribution is -2.45. The smallest absolute Gasteiger partial charge is 0.322 e. The molecular formula is C27H32N4O4. The van der Waals surface area contributed by atoms with Crippen molar-refractivity contribution < 1.29 is 19.1 Å². The number of benzene rings is 2.